The largest absolute Gasteiger partial charge is 0.321 e. The number of halogens is 2. The number of aromatic nitrogens is 3. The summed E-state index contributed by atoms with van der Waals surface area (Å²) in [5.41, 5.74) is 2.60. The van der Waals surface area contributed by atoms with Crippen LogP contribution in [0.2, 0.25) is 5.02 Å². The van der Waals surface area contributed by atoms with Crippen molar-refractivity contribution in [1.29, 1.82) is 0 Å². The molecule has 98 valence electrons. The first-order valence-corrected chi connectivity index (χ1v) is 7.34. The van der Waals surface area contributed by atoms with Crippen LogP contribution in [0.3, 0.4) is 0 Å². The number of nitrogens with one attached hydrogen (secondary N) is 1. The van der Waals surface area contributed by atoms with Crippen LogP contribution in [-0.4, -0.2) is 14.5 Å². The quantitative estimate of drug-likeness (QED) is 0.755. The van der Waals surface area contributed by atoms with Gasteiger partial charge in [-0.05, 0) is 18.2 Å². The lowest BCUT2D eigenvalue weighted by molar-refractivity contribution is 0.761. The Morgan fingerprint density at radius 3 is 2.95 bits per heavy atom. The van der Waals surface area contributed by atoms with E-state index in [-0.39, 0.29) is 4.87 Å². The highest BCUT2D eigenvalue weighted by atomic mass is 35.5. The van der Waals surface area contributed by atoms with E-state index in [1.54, 1.807) is 6.07 Å². The number of aromatic amines is 1. The van der Waals surface area contributed by atoms with Gasteiger partial charge in [0.2, 0.25) is 0 Å². The summed E-state index contributed by atoms with van der Waals surface area (Å²) in [6, 6.07) is 5.53. The molecule has 2 aromatic heterocycles. The van der Waals surface area contributed by atoms with Gasteiger partial charge in [0.05, 0.1) is 23.5 Å². The van der Waals surface area contributed by atoms with Gasteiger partial charge in [-0.1, -0.05) is 22.9 Å². The summed E-state index contributed by atoms with van der Waals surface area (Å²) in [4.78, 5) is 18.4. The van der Waals surface area contributed by atoms with Crippen LogP contribution in [-0.2, 0) is 12.4 Å². The molecule has 3 aromatic rings. The van der Waals surface area contributed by atoms with Crippen LogP contribution in [0, 0.1) is 0 Å². The first-order valence-electron chi connectivity index (χ1n) is 5.54. The van der Waals surface area contributed by atoms with E-state index in [0.717, 1.165) is 33.9 Å². The Bertz CT molecular complexity index is 790. The van der Waals surface area contributed by atoms with Crippen molar-refractivity contribution in [3.8, 4) is 0 Å². The predicted molar refractivity (Wildman–Crippen MR) is 78.3 cm³/mol. The van der Waals surface area contributed by atoms with Crippen molar-refractivity contribution in [2.75, 3.05) is 0 Å². The smallest absolute Gasteiger partial charge is 0.304 e. The molecule has 0 bridgehead atoms. The minimum atomic E-state index is -0.0603. The first kappa shape index (κ1) is 12.7. The van der Waals surface area contributed by atoms with Crippen LogP contribution in [0.15, 0.2) is 28.4 Å². The van der Waals surface area contributed by atoms with Crippen LogP contribution < -0.4 is 4.87 Å². The van der Waals surface area contributed by atoms with E-state index in [0.29, 0.717) is 17.4 Å². The zero-order chi connectivity index (χ0) is 13.4. The lowest BCUT2D eigenvalue weighted by Crippen LogP contribution is -2.06. The Hall–Kier alpha value is -1.30. The van der Waals surface area contributed by atoms with Crippen molar-refractivity contribution in [1.82, 2.24) is 14.5 Å². The second-order valence-corrected chi connectivity index (χ2v) is 5.60. The average Bonchev–Trinajstić information content (AvgIpc) is 2.94. The second kappa shape index (κ2) is 5.00. The Morgan fingerprint density at radius 2 is 2.26 bits per heavy atom. The van der Waals surface area contributed by atoms with Crippen LogP contribution in [0.5, 0.6) is 0 Å². The second-order valence-electron chi connectivity index (χ2n) is 4.05. The van der Waals surface area contributed by atoms with Gasteiger partial charge in [-0.2, -0.15) is 0 Å². The van der Waals surface area contributed by atoms with Gasteiger partial charge in [-0.3, -0.25) is 4.79 Å². The Labute approximate surface area is 122 Å². The number of fused-ring (bicyclic) bond motifs is 1. The zero-order valence-electron chi connectivity index (χ0n) is 9.69. The van der Waals surface area contributed by atoms with Crippen molar-refractivity contribution in [3.63, 3.8) is 0 Å². The van der Waals surface area contributed by atoms with E-state index >= 15 is 0 Å². The summed E-state index contributed by atoms with van der Waals surface area (Å²) in [7, 11) is 0. The number of benzene rings is 1. The standard InChI is InChI=1S/C12H9Cl2N3OS/c13-4-11-16-9-3-7(14)1-2-10(9)17(11)5-8-6-19-12(18)15-8/h1-3,6H,4-5H2,(H,15,18). The maximum atomic E-state index is 11.2. The topological polar surface area (TPSA) is 50.7 Å². The van der Waals surface area contributed by atoms with E-state index < -0.39 is 0 Å². The van der Waals surface area contributed by atoms with Crippen LogP contribution in [0.25, 0.3) is 11.0 Å². The van der Waals surface area contributed by atoms with Gasteiger partial charge in [-0.25, -0.2) is 4.98 Å². The van der Waals surface area contributed by atoms with Gasteiger partial charge in [0.25, 0.3) is 0 Å². The Morgan fingerprint density at radius 1 is 1.42 bits per heavy atom. The molecule has 1 aromatic carbocycles. The van der Waals surface area contributed by atoms with Gasteiger partial charge in [0, 0.05) is 16.1 Å². The first-order chi connectivity index (χ1) is 9.17. The van der Waals surface area contributed by atoms with Crippen molar-refractivity contribution in [3.05, 3.63) is 49.8 Å². The molecule has 0 amide bonds. The summed E-state index contributed by atoms with van der Waals surface area (Å²) in [5, 5.41) is 2.45. The van der Waals surface area contributed by atoms with Crippen molar-refractivity contribution < 1.29 is 0 Å². The van der Waals surface area contributed by atoms with Crippen LogP contribution in [0.4, 0.5) is 0 Å². The molecule has 0 saturated heterocycles. The molecular formula is C12H9Cl2N3OS. The SMILES string of the molecule is O=c1[nH]c(Cn2c(CCl)nc3cc(Cl)ccc32)cs1. The number of rotatable bonds is 3. The highest BCUT2D eigenvalue weighted by Gasteiger charge is 2.11. The molecule has 0 aliphatic heterocycles. The summed E-state index contributed by atoms with van der Waals surface area (Å²) in [6.07, 6.45) is 0. The van der Waals surface area contributed by atoms with E-state index in [9.17, 15) is 4.79 Å². The third kappa shape index (κ3) is 2.41. The summed E-state index contributed by atoms with van der Waals surface area (Å²) in [6.45, 7) is 0.541. The molecule has 7 heteroatoms. The number of imidazole rings is 1. The van der Waals surface area contributed by atoms with E-state index in [4.69, 9.17) is 23.2 Å². The number of hydrogen-bond donors (Lipinski definition) is 1. The zero-order valence-corrected chi connectivity index (χ0v) is 12.0. The van der Waals surface area contributed by atoms with E-state index in [1.807, 2.05) is 22.1 Å². The average molecular weight is 314 g/mol. The number of nitrogens with zero attached hydrogens (tertiary/aromatic N) is 2. The van der Waals surface area contributed by atoms with Crippen LogP contribution in [0.1, 0.15) is 11.5 Å². The molecule has 2 heterocycles. The maximum Gasteiger partial charge on any atom is 0.304 e. The van der Waals surface area contributed by atoms with Gasteiger partial charge >= 0.3 is 4.87 Å². The molecule has 3 rings (SSSR count). The molecule has 0 aliphatic carbocycles. The third-order valence-electron chi connectivity index (χ3n) is 2.81. The fourth-order valence-electron chi connectivity index (χ4n) is 1.99. The Balaban J connectivity index is 2.12. The van der Waals surface area contributed by atoms with Crippen molar-refractivity contribution in [2.45, 2.75) is 12.4 Å². The molecule has 1 N–H and O–H groups in total. The molecule has 4 nitrogen and oxygen atoms in total. The molecule has 0 unspecified atom stereocenters. The molecule has 19 heavy (non-hydrogen) atoms. The fourth-order valence-corrected chi connectivity index (χ4v) is 2.94. The minimum absolute atomic E-state index is 0.0603. The summed E-state index contributed by atoms with van der Waals surface area (Å²) < 4.78 is 1.98. The molecule has 0 fully saturated rings. The van der Waals surface area contributed by atoms with Crippen LogP contribution >= 0.6 is 34.5 Å². The fraction of sp³-hybridized carbons (Fsp3) is 0.167. The monoisotopic (exact) mass is 313 g/mol. The number of hydrogen-bond acceptors (Lipinski definition) is 3. The highest BCUT2D eigenvalue weighted by Crippen LogP contribution is 2.22. The Kier molecular flexibility index (Phi) is 3.35. The lowest BCUT2D eigenvalue weighted by Gasteiger charge is -2.05. The molecular weight excluding hydrogens is 305 g/mol. The molecule has 0 spiro atoms. The third-order valence-corrected chi connectivity index (χ3v) is 4.00. The summed E-state index contributed by atoms with van der Waals surface area (Å²) in [5.74, 6) is 1.06. The molecule has 0 radical (unpaired) electrons. The lowest BCUT2D eigenvalue weighted by atomic mass is 10.3. The van der Waals surface area contributed by atoms with Crippen molar-refractivity contribution in [2.24, 2.45) is 0 Å². The number of H-pyrrole nitrogens is 1. The molecule has 0 saturated carbocycles. The normalized spacial score (nSPS) is 11.3. The number of thiazole rings is 1. The molecule has 0 aliphatic rings. The van der Waals surface area contributed by atoms with Gasteiger partial charge in [0.1, 0.15) is 5.82 Å². The summed E-state index contributed by atoms with van der Waals surface area (Å²) >= 11 is 13.0. The van der Waals surface area contributed by atoms with Crippen molar-refractivity contribution >= 4 is 45.6 Å². The highest BCUT2D eigenvalue weighted by molar-refractivity contribution is 7.07. The minimum Gasteiger partial charge on any atom is -0.321 e. The van der Waals surface area contributed by atoms with Gasteiger partial charge in [-0.15, -0.1) is 11.6 Å². The van der Waals surface area contributed by atoms with E-state index in [2.05, 4.69) is 9.97 Å². The number of alkyl halides is 1. The maximum absolute atomic E-state index is 11.2. The van der Waals surface area contributed by atoms with Gasteiger partial charge < -0.3 is 9.55 Å². The molecule has 0 atom stereocenters. The predicted octanol–water partition coefficient (Wildman–Crippen LogP) is 3.23. The van der Waals surface area contributed by atoms with E-state index in [1.165, 1.54) is 0 Å². The van der Waals surface area contributed by atoms with Gasteiger partial charge in [0.15, 0.2) is 0 Å².